The Kier molecular flexibility index (Phi) is 17.3. The smallest absolute Gasteiger partial charge is 0.150 e. The Morgan fingerprint density at radius 2 is 1.27 bits per heavy atom. The largest absolute Gasteiger partial charge is 0.450 e. The van der Waals surface area contributed by atoms with Crippen LogP contribution in [0, 0.1) is 0 Å². The van der Waals surface area contributed by atoms with Crippen molar-refractivity contribution in [1.29, 1.82) is 0 Å². The van der Waals surface area contributed by atoms with Crippen molar-refractivity contribution in [3.63, 3.8) is 0 Å². The van der Waals surface area contributed by atoms with Gasteiger partial charge in [0.1, 0.15) is 12.1 Å². The predicted octanol–water partition coefficient (Wildman–Crippen LogP) is 0.463. The molecule has 0 saturated carbocycles. The van der Waals surface area contributed by atoms with Gasteiger partial charge in [-0.25, -0.2) is 0 Å². The molecular formula is C3H6N4O2Y2-2. The Morgan fingerprint density at radius 1 is 1.00 bits per heavy atom. The number of nitrogens with one attached hydrogen (secondary N) is 4. The SMILES string of the molecule is [NH-]C(=O)NCNC([NH-])=O.[Y].[Y]. The monoisotopic (exact) mass is 308 g/mol. The van der Waals surface area contributed by atoms with E-state index in [2.05, 4.69) is 0 Å². The van der Waals surface area contributed by atoms with Crippen molar-refractivity contribution in [2.75, 3.05) is 6.67 Å². The summed E-state index contributed by atoms with van der Waals surface area (Å²) < 4.78 is 0. The summed E-state index contributed by atoms with van der Waals surface area (Å²) in [6.07, 6.45) is 0. The molecular weight excluding hydrogens is 302 g/mol. The number of carbonyl (C=O) groups is 2. The van der Waals surface area contributed by atoms with Crippen molar-refractivity contribution in [2.45, 2.75) is 0 Å². The molecule has 0 spiro atoms. The summed E-state index contributed by atoms with van der Waals surface area (Å²) in [4.78, 5) is 19.5. The van der Waals surface area contributed by atoms with Crippen molar-refractivity contribution < 1.29 is 75.0 Å². The molecule has 4 N–H and O–H groups in total. The zero-order chi connectivity index (χ0) is 7.28. The molecule has 0 bridgehead atoms. The number of rotatable bonds is 2. The van der Waals surface area contributed by atoms with Crippen molar-refractivity contribution >= 4 is 12.1 Å². The van der Waals surface area contributed by atoms with E-state index in [1.54, 1.807) is 0 Å². The van der Waals surface area contributed by atoms with Crippen LogP contribution in [0.3, 0.4) is 0 Å². The molecule has 6 nitrogen and oxygen atoms in total. The normalized spacial score (nSPS) is 6.55. The molecule has 11 heavy (non-hydrogen) atoms. The first-order chi connectivity index (χ1) is 4.13. The van der Waals surface area contributed by atoms with Crippen molar-refractivity contribution in [3.05, 3.63) is 11.5 Å². The van der Waals surface area contributed by atoms with Crippen LogP contribution < -0.4 is 10.6 Å². The van der Waals surface area contributed by atoms with Crippen molar-refractivity contribution in [2.24, 2.45) is 0 Å². The fourth-order valence-electron chi connectivity index (χ4n) is 0.205. The van der Waals surface area contributed by atoms with E-state index in [1.807, 2.05) is 10.6 Å². The van der Waals surface area contributed by atoms with E-state index in [-0.39, 0.29) is 72.1 Å². The van der Waals surface area contributed by atoms with E-state index < -0.39 is 12.1 Å². The Bertz CT molecular complexity index is 117. The number of hydrogen-bond acceptors (Lipinski definition) is 2. The maximum Gasteiger partial charge on any atom is 0.150 e. The first-order valence-electron chi connectivity index (χ1n) is 2.12. The first kappa shape index (κ1) is 17.7. The van der Waals surface area contributed by atoms with Crippen LogP contribution in [0.4, 0.5) is 9.59 Å². The summed E-state index contributed by atoms with van der Waals surface area (Å²) in [6, 6.07) is -1.97. The Morgan fingerprint density at radius 3 is 1.45 bits per heavy atom. The maximum absolute atomic E-state index is 9.77. The summed E-state index contributed by atoms with van der Waals surface area (Å²) in [6.45, 7) is -0.162. The van der Waals surface area contributed by atoms with E-state index in [0.29, 0.717) is 0 Å². The van der Waals surface area contributed by atoms with E-state index >= 15 is 0 Å². The third-order valence-corrected chi connectivity index (χ3v) is 0.498. The fourth-order valence-corrected chi connectivity index (χ4v) is 0.205. The molecule has 0 aliphatic carbocycles. The topological polar surface area (TPSA) is 106 Å². The molecule has 0 aliphatic heterocycles. The van der Waals surface area contributed by atoms with Gasteiger partial charge < -0.3 is 22.1 Å². The summed E-state index contributed by atoms with van der Waals surface area (Å²) in [5, 5.41) is 3.91. The van der Waals surface area contributed by atoms with E-state index in [4.69, 9.17) is 11.5 Å². The zero-order valence-corrected chi connectivity index (χ0v) is 11.4. The zero-order valence-electron chi connectivity index (χ0n) is 5.68. The Hall–Kier alpha value is 0.748. The van der Waals surface area contributed by atoms with Crippen LogP contribution in [0.2, 0.25) is 0 Å². The van der Waals surface area contributed by atoms with E-state index in [0.717, 1.165) is 0 Å². The second kappa shape index (κ2) is 10.7. The van der Waals surface area contributed by atoms with Crippen LogP contribution in [-0.2, 0) is 65.4 Å². The van der Waals surface area contributed by atoms with Crippen LogP contribution in [0.5, 0.6) is 0 Å². The molecule has 0 heterocycles. The standard InChI is InChI=1S/C3H8N4O2.2Y/c4-2(8)6-1-7-3(5)9;;/h1H2,(H6,4,5,6,7,8,9);;/p-2. The molecule has 0 rings (SSSR count). The maximum atomic E-state index is 9.77. The Balaban J connectivity index is -0.000000320. The molecule has 0 atom stereocenters. The number of urea groups is 2. The second-order valence-corrected chi connectivity index (χ2v) is 1.19. The van der Waals surface area contributed by atoms with Gasteiger partial charge in [-0.3, -0.25) is 9.59 Å². The van der Waals surface area contributed by atoms with Gasteiger partial charge in [-0.1, -0.05) is 0 Å². The number of hydrogen-bond donors (Lipinski definition) is 2. The summed E-state index contributed by atoms with van der Waals surface area (Å²) in [5.41, 5.74) is 12.5. The third-order valence-electron chi connectivity index (χ3n) is 0.498. The van der Waals surface area contributed by atoms with E-state index in [1.165, 1.54) is 0 Å². The van der Waals surface area contributed by atoms with Gasteiger partial charge in [0.2, 0.25) is 0 Å². The Labute approximate surface area is 114 Å². The number of amides is 4. The van der Waals surface area contributed by atoms with Crippen LogP contribution in [0.25, 0.3) is 11.5 Å². The van der Waals surface area contributed by atoms with Gasteiger partial charge in [-0.05, 0) is 6.67 Å². The van der Waals surface area contributed by atoms with E-state index in [9.17, 15) is 9.59 Å². The summed E-state index contributed by atoms with van der Waals surface area (Å²) in [5.74, 6) is 0. The molecule has 8 heteroatoms. The number of carbonyl (C=O) groups excluding carboxylic acids is 2. The fraction of sp³-hybridized carbons (Fsp3) is 0.333. The first-order valence-corrected chi connectivity index (χ1v) is 2.12. The van der Waals surface area contributed by atoms with Crippen LogP contribution in [0.1, 0.15) is 0 Å². The summed E-state index contributed by atoms with van der Waals surface area (Å²) in [7, 11) is 0. The average molecular weight is 308 g/mol. The molecule has 0 saturated heterocycles. The minimum Gasteiger partial charge on any atom is -0.450 e. The van der Waals surface area contributed by atoms with Crippen LogP contribution in [0.15, 0.2) is 0 Å². The molecule has 0 fully saturated rings. The van der Waals surface area contributed by atoms with Gasteiger partial charge in [0, 0.05) is 65.4 Å². The minimum atomic E-state index is -0.983. The van der Waals surface area contributed by atoms with Crippen LogP contribution in [-0.4, -0.2) is 18.7 Å². The predicted molar refractivity (Wildman–Crippen MR) is 30.6 cm³/mol. The van der Waals surface area contributed by atoms with Gasteiger partial charge in [-0.2, -0.15) is 0 Å². The van der Waals surface area contributed by atoms with Gasteiger partial charge >= 0.3 is 0 Å². The average Bonchev–Trinajstić information content (AvgIpc) is 1.63. The molecule has 0 aromatic heterocycles. The molecule has 58 valence electrons. The molecule has 0 aromatic rings. The molecule has 0 unspecified atom stereocenters. The van der Waals surface area contributed by atoms with Crippen LogP contribution >= 0.6 is 0 Å². The van der Waals surface area contributed by atoms with Crippen molar-refractivity contribution in [3.8, 4) is 0 Å². The molecule has 2 radical (unpaired) electrons. The second-order valence-electron chi connectivity index (χ2n) is 1.19. The van der Waals surface area contributed by atoms with Gasteiger partial charge in [0.05, 0.1) is 0 Å². The van der Waals surface area contributed by atoms with Gasteiger partial charge in [0.25, 0.3) is 0 Å². The minimum absolute atomic E-state index is 0. The van der Waals surface area contributed by atoms with Gasteiger partial charge in [0.15, 0.2) is 0 Å². The molecule has 0 aromatic carbocycles. The van der Waals surface area contributed by atoms with Gasteiger partial charge in [-0.15, -0.1) is 0 Å². The summed E-state index contributed by atoms with van der Waals surface area (Å²) >= 11 is 0. The quantitative estimate of drug-likeness (QED) is 0.723. The molecule has 0 aliphatic rings. The third kappa shape index (κ3) is 18.1. The molecule has 4 amide bonds. The van der Waals surface area contributed by atoms with Crippen molar-refractivity contribution in [1.82, 2.24) is 10.6 Å².